The molecule has 2 heterocycles. The number of hydrogen-bond acceptors (Lipinski definition) is 5. The van der Waals surface area contributed by atoms with Crippen LogP contribution in [0.3, 0.4) is 0 Å². The van der Waals surface area contributed by atoms with E-state index < -0.39 is 6.04 Å². The van der Waals surface area contributed by atoms with Crippen LogP contribution in [-0.4, -0.2) is 35.2 Å². The molecule has 0 bridgehead atoms. The lowest BCUT2D eigenvalue weighted by Gasteiger charge is -2.29. The Labute approximate surface area is 182 Å². The Hall–Kier alpha value is -3.03. The topological polar surface area (TPSA) is 105 Å². The summed E-state index contributed by atoms with van der Waals surface area (Å²) in [6.07, 6.45) is 2.47. The third kappa shape index (κ3) is 4.52. The molecule has 162 valence electrons. The molecule has 4 rings (SSSR count). The zero-order valence-electron chi connectivity index (χ0n) is 17.5. The fraction of sp³-hybridized carbons (Fsp3) is 0.375. The summed E-state index contributed by atoms with van der Waals surface area (Å²) >= 11 is 0. The lowest BCUT2D eigenvalue weighted by molar-refractivity contribution is -0.136. The van der Waals surface area contributed by atoms with Gasteiger partial charge in [0.15, 0.2) is 0 Å². The maximum absolute atomic E-state index is 13.0. The van der Waals surface area contributed by atoms with Crippen molar-refractivity contribution in [3.8, 4) is 0 Å². The number of imide groups is 1. The molecule has 2 aromatic rings. The second kappa shape index (κ2) is 9.41. The van der Waals surface area contributed by atoms with Crippen molar-refractivity contribution in [1.29, 1.82) is 0 Å². The van der Waals surface area contributed by atoms with Gasteiger partial charge in [-0.25, -0.2) is 0 Å². The van der Waals surface area contributed by atoms with Gasteiger partial charge in [-0.05, 0) is 48.6 Å². The molecule has 0 aromatic heterocycles. The van der Waals surface area contributed by atoms with Crippen LogP contribution >= 0.6 is 0 Å². The van der Waals surface area contributed by atoms with Crippen LogP contribution in [0.15, 0.2) is 48.5 Å². The summed E-state index contributed by atoms with van der Waals surface area (Å²) in [6, 6.07) is 15.6. The van der Waals surface area contributed by atoms with E-state index in [9.17, 15) is 14.4 Å². The van der Waals surface area contributed by atoms with Gasteiger partial charge >= 0.3 is 0 Å². The fourth-order valence-corrected chi connectivity index (χ4v) is 4.44. The number of benzene rings is 2. The van der Waals surface area contributed by atoms with Crippen molar-refractivity contribution in [1.82, 2.24) is 15.5 Å². The smallest absolute Gasteiger partial charge is 0.255 e. The molecule has 4 N–H and O–H groups in total. The lowest BCUT2D eigenvalue weighted by atomic mass is 9.99. The van der Waals surface area contributed by atoms with E-state index >= 15 is 0 Å². The summed E-state index contributed by atoms with van der Waals surface area (Å²) in [5.74, 6) is -0.808. The molecule has 2 aliphatic rings. The number of nitrogens with one attached hydrogen (secondary N) is 2. The molecule has 0 saturated carbocycles. The van der Waals surface area contributed by atoms with E-state index in [0.717, 1.165) is 24.0 Å². The number of rotatable bonds is 8. The number of nitrogens with two attached hydrogens (primary N) is 1. The molecular formula is C24H28N4O3. The van der Waals surface area contributed by atoms with Crippen molar-refractivity contribution in [2.24, 2.45) is 5.73 Å². The highest BCUT2D eigenvalue weighted by Gasteiger charge is 2.39. The first-order valence-electron chi connectivity index (χ1n) is 10.8. The lowest BCUT2D eigenvalue weighted by Crippen LogP contribution is -2.52. The van der Waals surface area contributed by atoms with Crippen LogP contribution in [0.4, 0.5) is 0 Å². The molecule has 2 unspecified atom stereocenters. The highest BCUT2D eigenvalue weighted by atomic mass is 16.2. The van der Waals surface area contributed by atoms with Gasteiger partial charge in [0.05, 0.1) is 0 Å². The Morgan fingerprint density at radius 2 is 1.90 bits per heavy atom. The van der Waals surface area contributed by atoms with E-state index in [1.807, 2.05) is 36.4 Å². The Morgan fingerprint density at radius 1 is 1.10 bits per heavy atom. The molecule has 0 radical (unpaired) electrons. The Bertz CT molecular complexity index is 976. The monoisotopic (exact) mass is 420 g/mol. The highest BCUT2D eigenvalue weighted by molar-refractivity contribution is 6.05. The minimum Gasteiger partial charge on any atom is -0.330 e. The van der Waals surface area contributed by atoms with Crippen LogP contribution < -0.4 is 16.4 Å². The predicted molar refractivity (Wildman–Crippen MR) is 117 cm³/mol. The summed E-state index contributed by atoms with van der Waals surface area (Å²) in [5.41, 5.74) is 9.59. The van der Waals surface area contributed by atoms with Crippen LogP contribution in [0.5, 0.6) is 0 Å². The van der Waals surface area contributed by atoms with Crippen molar-refractivity contribution < 1.29 is 14.4 Å². The Kier molecular flexibility index (Phi) is 6.44. The first kappa shape index (κ1) is 21.2. The number of carbonyl (C=O) groups is 3. The summed E-state index contributed by atoms with van der Waals surface area (Å²) in [5, 5.41) is 5.98. The van der Waals surface area contributed by atoms with Crippen LogP contribution in [0.25, 0.3) is 0 Å². The van der Waals surface area contributed by atoms with E-state index in [0.29, 0.717) is 31.6 Å². The van der Waals surface area contributed by atoms with Crippen molar-refractivity contribution in [2.45, 2.75) is 50.9 Å². The molecule has 7 nitrogen and oxygen atoms in total. The van der Waals surface area contributed by atoms with Gasteiger partial charge in [0, 0.05) is 31.1 Å². The third-order valence-electron chi connectivity index (χ3n) is 6.12. The van der Waals surface area contributed by atoms with Crippen molar-refractivity contribution >= 4 is 17.7 Å². The molecule has 0 aliphatic carbocycles. The average Bonchev–Trinajstić information content (AvgIpc) is 3.11. The first-order valence-corrected chi connectivity index (χ1v) is 10.8. The SMILES string of the molecule is NCCCC(NCc1cccc2c1CN(C1CCC(=O)NC1=O)C2=O)c1ccccc1. The molecule has 3 amide bonds. The van der Waals surface area contributed by atoms with E-state index in [2.05, 4.69) is 22.8 Å². The third-order valence-corrected chi connectivity index (χ3v) is 6.12. The predicted octanol–water partition coefficient (Wildman–Crippen LogP) is 2.02. The first-order chi connectivity index (χ1) is 15.1. The second-order valence-corrected chi connectivity index (χ2v) is 8.12. The van der Waals surface area contributed by atoms with Crippen molar-refractivity contribution in [3.63, 3.8) is 0 Å². The van der Waals surface area contributed by atoms with Gasteiger partial charge in [0.2, 0.25) is 11.8 Å². The normalized spacial score (nSPS) is 19.3. The van der Waals surface area contributed by atoms with Crippen molar-refractivity contribution in [3.05, 3.63) is 70.8 Å². The summed E-state index contributed by atoms with van der Waals surface area (Å²) in [7, 11) is 0. The van der Waals surface area contributed by atoms with Crippen LogP contribution in [0.1, 0.15) is 58.8 Å². The van der Waals surface area contributed by atoms with Gasteiger partial charge < -0.3 is 16.0 Å². The van der Waals surface area contributed by atoms with Crippen LogP contribution in [-0.2, 0) is 22.7 Å². The number of hydrogen-bond donors (Lipinski definition) is 3. The average molecular weight is 421 g/mol. The molecule has 2 atom stereocenters. The molecule has 1 fully saturated rings. The minimum atomic E-state index is -0.597. The minimum absolute atomic E-state index is 0.144. The maximum Gasteiger partial charge on any atom is 0.255 e. The van der Waals surface area contributed by atoms with Gasteiger partial charge in [0.1, 0.15) is 6.04 Å². The number of amides is 3. The molecule has 31 heavy (non-hydrogen) atoms. The number of piperidine rings is 1. The zero-order valence-corrected chi connectivity index (χ0v) is 17.5. The van der Waals surface area contributed by atoms with Gasteiger partial charge in [-0.3, -0.25) is 19.7 Å². The second-order valence-electron chi connectivity index (χ2n) is 8.12. The largest absolute Gasteiger partial charge is 0.330 e. The standard InChI is InChI=1S/C24H28N4O3/c25-13-5-10-20(16-6-2-1-3-7-16)26-14-17-8-4-9-18-19(17)15-28(24(18)31)21-11-12-22(29)27-23(21)30/h1-4,6-9,20-21,26H,5,10-15,25H2,(H,27,29,30). The van der Waals surface area contributed by atoms with E-state index in [4.69, 9.17) is 5.73 Å². The summed E-state index contributed by atoms with van der Waals surface area (Å²) in [6.45, 7) is 1.64. The zero-order chi connectivity index (χ0) is 21.8. The number of fused-ring (bicyclic) bond motifs is 1. The summed E-state index contributed by atoms with van der Waals surface area (Å²) < 4.78 is 0. The Morgan fingerprint density at radius 3 is 2.65 bits per heavy atom. The van der Waals surface area contributed by atoms with E-state index in [1.165, 1.54) is 5.56 Å². The molecule has 2 aromatic carbocycles. The summed E-state index contributed by atoms with van der Waals surface area (Å²) in [4.78, 5) is 38.4. The molecular weight excluding hydrogens is 392 g/mol. The van der Waals surface area contributed by atoms with Crippen LogP contribution in [0.2, 0.25) is 0 Å². The van der Waals surface area contributed by atoms with E-state index in [1.54, 1.807) is 4.90 Å². The van der Waals surface area contributed by atoms with E-state index in [-0.39, 0.29) is 30.2 Å². The molecule has 0 spiro atoms. The maximum atomic E-state index is 13.0. The number of carbonyl (C=O) groups excluding carboxylic acids is 3. The Balaban J connectivity index is 1.50. The quantitative estimate of drug-likeness (QED) is 0.567. The van der Waals surface area contributed by atoms with Gasteiger partial charge in [-0.15, -0.1) is 0 Å². The highest BCUT2D eigenvalue weighted by Crippen LogP contribution is 2.30. The van der Waals surface area contributed by atoms with Crippen molar-refractivity contribution in [2.75, 3.05) is 6.54 Å². The molecule has 1 saturated heterocycles. The van der Waals surface area contributed by atoms with Gasteiger partial charge in [-0.2, -0.15) is 0 Å². The molecule has 2 aliphatic heterocycles. The number of nitrogens with zero attached hydrogens (tertiary/aromatic N) is 1. The molecule has 7 heteroatoms. The van der Waals surface area contributed by atoms with Crippen LogP contribution in [0, 0.1) is 0 Å². The fourth-order valence-electron chi connectivity index (χ4n) is 4.44. The van der Waals surface area contributed by atoms with Gasteiger partial charge in [-0.1, -0.05) is 42.5 Å². The van der Waals surface area contributed by atoms with Gasteiger partial charge in [0.25, 0.3) is 5.91 Å².